The normalized spacial score (nSPS) is 16.9. The Kier molecular flexibility index (Phi) is 2.67. The van der Waals surface area contributed by atoms with Crippen LogP contribution in [0.5, 0.6) is 0 Å². The van der Waals surface area contributed by atoms with Crippen LogP contribution >= 0.6 is 0 Å². The van der Waals surface area contributed by atoms with E-state index in [1.165, 1.54) is 19.0 Å². The molecule has 1 aliphatic rings. The highest BCUT2D eigenvalue weighted by atomic mass is 16.1. The summed E-state index contributed by atoms with van der Waals surface area (Å²) in [4.78, 5) is 11.7. The zero-order valence-electron chi connectivity index (χ0n) is 10.3. The van der Waals surface area contributed by atoms with Crippen LogP contribution in [0, 0.1) is 5.41 Å². The highest BCUT2D eigenvalue weighted by molar-refractivity contribution is 5.77. The van der Waals surface area contributed by atoms with Crippen LogP contribution in [-0.4, -0.2) is 16.3 Å². The minimum Gasteiger partial charge on any atom is -0.330 e. The van der Waals surface area contributed by atoms with E-state index in [1.54, 1.807) is 0 Å². The van der Waals surface area contributed by atoms with Crippen LogP contribution in [0.2, 0.25) is 0 Å². The minimum atomic E-state index is -0.00878. The SMILES string of the molecule is NCCC1(Cn2ncc(=O)c3ccccc32)CC1. The molecule has 4 heteroatoms. The monoisotopic (exact) mass is 243 g/mol. The molecule has 0 spiro atoms. The molecular weight excluding hydrogens is 226 g/mol. The molecule has 0 saturated heterocycles. The lowest BCUT2D eigenvalue weighted by Crippen LogP contribution is -2.20. The quantitative estimate of drug-likeness (QED) is 0.885. The molecule has 1 aromatic heterocycles. The van der Waals surface area contributed by atoms with Crippen molar-refractivity contribution in [1.82, 2.24) is 9.78 Å². The fourth-order valence-corrected chi connectivity index (χ4v) is 2.57. The number of aromatic nitrogens is 2. The summed E-state index contributed by atoms with van der Waals surface area (Å²) in [7, 11) is 0. The van der Waals surface area contributed by atoms with Crippen molar-refractivity contribution in [2.75, 3.05) is 6.54 Å². The van der Waals surface area contributed by atoms with Crippen molar-refractivity contribution in [2.24, 2.45) is 11.1 Å². The zero-order chi connectivity index (χ0) is 12.6. The van der Waals surface area contributed by atoms with Gasteiger partial charge in [0.05, 0.1) is 11.7 Å². The lowest BCUT2D eigenvalue weighted by molar-refractivity contribution is 0.380. The van der Waals surface area contributed by atoms with Crippen molar-refractivity contribution >= 4 is 10.9 Å². The second kappa shape index (κ2) is 4.21. The zero-order valence-corrected chi connectivity index (χ0v) is 10.3. The number of rotatable bonds is 4. The van der Waals surface area contributed by atoms with Gasteiger partial charge in [-0.3, -0.25) is 9.48 Å². The van der Waals surface area contributed by atoms with Gasteiger partial charge in [-0.15, -0.1) is 0 Å². The largest absolute Gasteiger partial charge is 0.330 e. The van der Waals surface area contributed by atoms with Gasteiger partial charge in [0.1, 0.15) is 0 Å². The Morgan fingerprint density at radius 3 is 2.83 bits per heavy atom. The maximum atomic E-state index is 11.7. The molecule has 0 aliphatic heterocycles. The van der Waals surface area contributed by atoms with Gasteiger partial charge in [-0.05, 0) is 43.4 Å². The molecule has 1 fully saturated rings. The third kappa shape index (κ3) is 1.93. The molecule has 94 valence electrons. The van der Waals surface area contributed by atoms with Crippen LogP contribution < -0.4 is 11.2 Å². The van der Waals surface area contributed by atoms with Crippen molar-refractivity contribution in [3.63, 3.8) is 0 Å². The van der Waals surface area contributed by atoms with E-state index in [0.717, 1.165) is 30.4 Å². The van der Waals surface area contributed by atoms with E-state index >= 15 is 0 Å². The van der Waals surface area contributed by atoms with E-state index in [9.17, 15) is 4.79 Å². The van der Waals surface area contributed by atoms with Gasteiger partial charge < -0.3 is 5.73 Å². The van der Waals surface area contributed by atoms with Gasteiger partial charge in [-0.2, -0.15) is 5.10 Å². The highest BCUT2D eigenvalue weighted by Crippen LogP contribution is 2.49. The van der Waals surface area contributed by atoms with E-state index in [1.807, 2.05) is 28.9 Å². The molecule has 1 heterocycles. The number of para-hydroxylation sites is 1. The molecule has 0 bridgehead atoms. The molecule has 2 N–H and O–H groups in total. The number of nitrogens with zero attached hydrogens (tertiary/aromatic N) is 2. The van der Waals surface area contributed by atoms with E-state index in [4.69, 9.17) is 5.73 Å². The van der Waals surface area contributed by atoms with E-state index < -0.39 is 0 Å². The summed E-state index contributed by atoms with van der Waals surface area (Å²) >= 11 is 0. The van der Waals surface area contributed by atoms with Gasteiger partial charge in [-0.1, -0.05) is 12.1 Å². The van der Waals surface area contributed by atoms with E-state index in [0.29, 0.717) is 5.41 Å². The first kappa shape index (κ1) is 11.4. The molecule has 1 aliphatic carbocycles. The molecule has 2 aromatic rings. The summed E-state index contributed by atoms with van der Waals surface area (Å²) in [5.41, 5.74) is 6.90. The van der Waals surface area contributed by atoms with Gasteiger partial charge in [0, 0.05) is 11.9 Å². The van der Waals surface area contributed by atoms with Crippen molar-refractivity contribution in [3.05, 3.63) is 40.7 Å². The van der Waals surface area contributed by atoms with Gasteiger partial charge in [0.25, 0.3) is 0 Å². The fourth-order valence-electron chi connectivity index (χ4n) is 2.57. The third-order valence-corrected chi connectivity index (χ3v) is 3.88. The number of fused-ring (bicyclic) bond motifs is 1. The average molecular weight is 243 g/mol. The van der Waals surface area contributed by atoms with Crippen molar-refractivity contribution < 1.29 is 0 Å². The second-order valence-electron chi connectivity index (χ2n) is 5.22. The molecule has 0 radical (unpaired) electrons. The summed E-state index contributed by atoms with van der Waals surface area (Å²) in [5.74, 6) is 0. The number of hydrogen-bond acceptors (Lipinski definition) is 3. The Morgan fingerprint density at radius 2 is 2.11 bits per heavy atom. The molecule has 4 nitrogen and oxygen atoms in total. The molecule has 0 unspecified atom stereocenters. The number of hydrogen-bond donors (Lipinski definition) is 1. The average Bonchev–Trinajstić information content (AvgIpc) is 3.14. The molecular formula is C14H17N3O. The minimum absolute atomic E-state index is 0.00878. The molecule has 1 aromatic carbocycles. The second-order valence-corrected chi connectivity index (χ2v) is 5.22. The number of benzene rings is 1. The van der Waals surface area contributed by atoms with Gasteiger partial charge in [0.15, 0.2) is 0 Å². The van der Waals surface area contributed by atoms with E-state index in [-0.39, 0.29) is 5.43 Å². The van der Waals surface area contributed by atoms with Gasteiger partial charge in [-0.25, -0.2) is 0 Å². The predicted octanol–water partition coefficient (Wildman–Crippen LogP) is 1.53. The van der Waals surface area contributed by atoms with Gasteiger partial charge in [0.2, 0.25) is 5.43 Å². The van der Waals surface area contributed by atoms with Crippen molar-refractivity contribution in [2.45, 2.75) is 25.8 Å². The van der Waals surface area contributed by atoms with Crippen LogP contribution in [-0.2, 0) is 6.54 Å². The van der Waals surface area contributed by atoms with Crippen LogP contribution in [0.25, 0.3) is 10.9 Å². The van der Waals surface area contributed by atoms with Crippen molar-refractivity contribution in [3.8, 4) is 0 Å². The van der Waals surface area contributed by atoms with Gasteiger partial charge >= 0.3 is 0 Å². The molecule has 18 heavy (non-hydrogen) atoms. The van der Waals surface area contributed by atoms with Crippen LogP contribution in [0.4, 0.5) is 0 Å². The lowest BCUT2D eigenvalue weighted by Gasteiger charge is -2.16. The standard InChI is InChI=1S/C14H17N3O/c15-8-7-14(5-6-14)10-17-12-4-2-1-3-11(12)13(18)9-16-17/h1-4,9H,5-8,10,15H2. The Labute approximate surface area is 105 Å². The topological polar surface area (TPSA) is 60.9 Å². The van der Waals surface area contributed by atoms with Crippen LogP contribution in [0.15, 0.2) is 35.3 Å². The molecule has 0 atom stereocenters. The Balaban J connectivity index is 2.03. The highest BCUT2D eigenvalue weighted by Gasteiger charge is 2.42. The summed E-state index contributed by atoms with van der Waals surface area (Å²) < 4.78 is 1.96. The third-order valence-electron chi connectivity index (χ3n) is 3.88. The Hall–Kier alpha value is -1.68. The lowest BCUT2D eigenvalue weighted by atomic mass is 10.0. The van der Waals surface area contributed by atoms with Crippen LogP contribution in [0.1, 0.15) is 19.3 Å². The first-order chi connectivity index (χ1) is 8.74. The Bertz CT molecular complexity index is 628. The smallest absolute Gasteiger partial charge is 0.207 e. The summed E-state index contributed by atoms with van der Waals surface area (Å²) in [6.07, 6.45) is 4.88. The Morgan fingerprint density at radius 1 is 1.33 bits per heavy atom. The first-order valence-corrected chi connectivity index (χ1v) is 6.39. The maximum absolute atomic E-state index is 11.7. The summed E-state index contributed by atoms with van der Waals surface area (Å²) in [6, 6.07) is 7.66. The fraction of sp³-hybridized carbons (Fsp3) is 0.429. The summed E-state index contributed by atoms with van der Waals surface area (Å²) in [5, 5.41) is 5.02. The van der Waals surface area contributed by atoms with Crippen molar-refractivity contribution in [1.29, 1.82) is 0 Å². The number of nitrogens with two attached hydrogens (primary N) is 1. The summed E-state index contributed by atoms with van der Waals surface area (Å²) in [6.45, 7) is 1.59. The molecule has 3 rings (SSSR count). The van der Waals surface area contributed by atoms with Crippen LogP contribution in [0.3, 0.4) is 0 Å². The maximum Gasteiger partial charge on any atom is 0.207 e. The predicted molar refractivity (Wildman–Crippen MR) is 71.3 cm³/mol. The molecule has 1 saturated carbocycles. The first-order valence-electron chi connectivity index (χ1n) is 6.39. The van der Waals surface area contributed by atoms with E-state index in [2.05, 4.69) is 5.10 Å². The molecule has 0 amide bonds.